The summed E-state index contributed by atoms with van der Waals surface area (Å²) in [6, 6.07) is 3.11. The summed E-state index contributed by atoms with van der Waals surface area (Å²) in [5.41, 5.74) is -0.0205. The van der Waals surface area contributed by atoms with Crippen molar-refractivity contribution in [2.75, 3.05) is 13.2 Å². The van der Waals surface area contributed by atoms with Crippen molar-refractivity contribution in [2.45, 2.75) is 45.1 Å². The van der Waals surface area contributed by atoms with Crippen LogP contribution in [0.4, 0.5) is 8.78 Å². The number of hydrogen-bond acceptors (Lipinski definition) is 2. The Bertz CT molecular complexity index is 468. The van der Waals surface area contributed by atoms with Crippen molar-refractivity contribution < 1.29 is 18.7 Å². The summed E-state index contributed by atoms with van der Waals surface area (Å²) in [7, 11) is 0. The second kappa shape index (κ2) is 7.02. The molecule has 1 aliphatic rings. The van der Waals surface area contributed by atoms with Gasteiger partial charge in [0.1, 0.15) is 5.69 Å². The fourth-order valence-electron chi connectivity index (χ4n) is 2.98. The number of aliphatic hydroxyl groups excluding tert-OH is 1. The van der Waals surface area contributed by atoms with Crippen LogP contribution in [-0.2, 0) is 6.54 Å². The lowest BCUT2D eigenvalue weighted by atomic mass is 9.74. The first-order chi connectivity index (χ1) is 10.1. The summed E-state index contributed by atoms with van der Waals surface area (Å²) in [6.07, 6.45) is 4.03. The molecule has 0 unspecified atom stereocenters. The largest absolute Gasteiger partial charge is 0.396 e. The third-order valence-electron chi connectivity index (χ3n) is 4.27. The molecule has 21 heavy (non-hydrogen) atoms. The topological polar surface area (TPSA) is 54.3 Å². The zero-order chi connectivity index (χ0) is 15.3. The van der Waals surface area contributed by atoms with E-state index in [-0.39, 0.29) is 23.6 Å². The number of nitrogens with one attached hydrogen (secondary N) is 1. The standard InChI is InChI=1S/C15H22F2N2O2/c16-13(17)9-19-8-4-5-12(19)14(21)18-10-15(11-20)6-2-1-3-7-15/h4-5,8,13,20H,1-3,6-7,9-11H2,(H,18,21). The van der Waals surface area contributed by atoms with Crippen molar-refractivity contribution in [3.05, 3.63) is 24.0 Å². The molecule has 1 aliphatic carbocycles. The molecule has 1 saturated carbocycles. The van der Waals surface area contributed by atoms with Crippen molar-refractivity contribution in [3.8, 4) is 0 Å². The molecule has 0 aromatic carbocycles. The first kappa shape index (κ1) is 15.9. The molecule has 0 spiro atoms. The van der Waals surface area contributed by atoms with Crippen LogP contribution in [0.15, 0.2) is 18.3 Å². The van der Waals surface area contributed by atoms with E-state index in [0.29, 0.717) is 6.54 Å². The highest BCUT2D eigenvalue weighted by Gasteiger charge is 2.32. The molecular weight excluding hydrogens is 278 g/mol. The van der Waals surface area contributed by atoms with E-state index in [1.165, 1.54) is 16.8 Å². The number of nitrogens with zero attached hydrogens (tertiary/aromatic N) is 1. The molecule has 2 N–H and O–H groups in total. The highest BCUT2D eigenvalue weighted by atomic mass is 19.3. The van der Waals surface area contributed by atoms with Crippen LogP contribution in [0.3, 0.4) is 0 Å². The van der Waals surface area contributed by atoms with Gasteiger partial charge in [-0.25, -0.2) is 8.78 Å². The molecule has 4 nitrogen and oxygen atoms in total. The Morgan fingerprint density at radius 3 is 2.71 bits per heavy atom. The van der Waals surface area contributed by atoms with Gasteiger partial charge in [0.25, 0.3) is 12.3 Å². The number of aromatic nitrogens is 1. The van der Waals surface area contributed by atoms with Crippen molar-refractivity contribution >= 4 is 5.91 Å². The summed E-state index contributed by atoms with van der Waals surface area (Å²) in [6.45, 7) is -0.0472. The minimum atomic E-state index is -2.49. The molecule has 6 heteroatoms. The van der Waals surface area contributed by atoms with Gasteiger partial charge in [-0.3, -0.25) is 4.79 Å². The fourth-order valence-corrected chi connectivity index (χ4v) is 2.98. The van der Waals surface area contributed by atoms with Crippen molar-refractivity contribution in [2.24, 2.45) is 5.41 Å². The maximum absolute atomic E-state index is 12.4. The fraction of sp³-hybridized carbons (Fsp3) is 0.667. The molecular formula is C15H22F2N2O2. The van der Waals surface area contributed by atoms with Crippen molar-refractivity contribution in [1.29, 1.82) is 0 Å². The summed E-state index contributed by atoms with van der Waals surface area (Å²) in [5, 5.41) is 12.4. The van der Waals surface area contributed by atoms with Gasteiger partial charge in [0, 0.05) is 18.2 Å². The first-order valence-electron chi connectivity index (χ1n) is 7.39. The first-order valence-corrected chi connectivity index (χ1v) is 7.39. The van der Waals surface area contributed by atoms with E-state index in [1.807, 2.05) is 0 Å². The number of hydrogen-bond donors (Lipinski definition) is 2. The van der Waals surface area contributed by atoms with Gasteiger partial charge in [-0.05, 0) is 25.0 Å². The predicted molar refractivity (Wildman–Crippen MR) is 75.4 cm³/mol. The van der Waals surface area contributed by atoms with E-state index in [2.05, 4.69) is 5.32 Å². The lowest BCUT2D eigenvalue weighted by Gasteiger charge is -2.35. The Hall–Kier alpha value is -1.43. The average molecular weight is 300 g/mol. The van der Waals surface area contributed by atoms with Crippen LogP contribution < -0.4 is 5.32 Å². The van der Waals surface area contributed by atoms with Crippen LogP contribution in [0, 0.1) is 5.41 Å². The Kier molecular flexibility index (Phi) is 5.33. The highest BCUT2D eigenvalue weighted by molar-refractivity contribution is 5.92. The number of carbonyl (C=O) groups is 1. The number of amides is 1. The second-order valence-corrected chi connectivity index (χ2v) is 5.84. The zero-order valence-corrected chi connectivity index (χ0v) is 12.0. The molecule has 0 saturated heterocycles. The third kappa shape index (κ3) is 4.03. The van der Waals surface area contributed by atoms with Gasteiger partial charge in [0.15, 0.2) is 0 Å². The molecule has 1 fully saturated rings. The highest BCUT2D eigenvalue weighted by Crippen LogP contribution is 2.35. The maximum Gasteiger partial charge on any atom is 0.267 e. The van der Waals surface area contributed by atoms with Crippen LogP contribution in [0.25, 0.3) is 0 Å². The summed E-state index contributed by atoms with van der Waals surface area (Å²) >= 11 is 0. The summed E-state index contributed by atoms with van der Waals surface area (Å²) in [4.78, 5) is 12.2. The molecule has 0 aliphatic heterocycles. The van der Waals surface area contributed by atoms with Gasteiger partial charge >= 0.3 is 0 Å². The molecule has 0 atom stereocenters. The number of alkyl halides is 2. The van der Waals surface area contributed by atoms with Crippen LogP contribution in [-0.4, -0.2) is 35.2 Å². The van der Waals surface area contributed by atoms with Crippen LogP contribution in [0.2, 0.25) is 0 Å². The molecule has 118 valence electrons. The Morgan fingerprint density at radius 1 is 1.38 bits per heavy atom. The van der Waals surface area contributed by atoms with Gasteiger partial charge in [-0.15, -0.1) is 0 Å². The van der Waals surface area contributed by atoms with E-state index in [4.69, 9.17) is 0 Å². The van der Waals surface area contributed by atoms with Gasteiger partial charge in [-0.1, -0.05) is 19.3 Å². The van der Waals surface area contributed by atoms with Gasteiger partial charge < -0.3 is 15.0 Å². The molecule has 1 heterocycles. The van der Waals surface area contributed by atoms with E-state index in [0.717, 1.165) is 32.1 Å². The predicted octanol–water partition coefficient (Wildman–Crippen LogP) is 2.43. The van der Waals surface area contributed by atoms with Gasteiger partial charge in [-0.2, -0.15) is 0 Å². The molecule has 1 aromatic heterocycles. The SMILES string of the molecule is O=C(NCC1(CO)CCCCC1)c1cccn1CC(F)F. The Morgan fingerprint density at radius 2 is 2.10 bits per heavy atom. The zero-order valence-electron chi connectivity index (χ0n) is 12.0. The number of carbonyl (C=O) groups excluding carboxylic acids is 1. The number of rotatable bonds is 6. The van der Waals surface area contributed by atoms with E-state index >= 15 is 0 Å². The molecule has 1 amide bonds. The third-order valence-corrected chi connectivity index (χ3v) is 4.27. The Labute approximate surface area is 123 Å². The van der Waals surface area contributed by atoms with E-state index < -0.39 is 13.0 Å². The second-order valence-electron chi connectivity index (χ2n) is 5.84. The van der Waals surface area contributed by atoms with Crippen LogP contribution in [0.5, 0.6) is 0 Å². The monoisotopic (exact) mass is 300 g/mol. The van der Waals surface area contributed by atoms with Crippen molar-refractivity contribution in [3.63, 3.8) is 0 Å². The van der Waals surface area contributed by atoms with E-state index in [1.54, 1.807) is 6.07 Å². The normalized spacial score (nSPS) is 17.9. The molecule has 2 rings (SSSR count). The van der Waals surface area contributed by atoms with Gasteiger partial charge in [0.2, 0.25) is 0 Å². The Balaban J connectivity index is 1.96. The quantitative estimate of drug-likeness (QED) is 0.848. The van der Waals surface area contributed by atoms with Crippen molar-refractivity contribution in [1.82, 2.24) is 9.88 Å². The van der Waals surface area contributed by atoms with E-state index in [9.17, 15) is 18.7 Å². The molecule has 0 radical (unpaired) electrons. The minimum Gasteiger partial charge on any atom is -0.396 e. The summed E-state index contributed by atoms with van der Waals surface area (Å²) < 4.78 is 26.2. The maximum atomic E-state index is 12.4. The lowest BCUT2D eigenvalue weighted by molar-refractivity contribution is 0.0709. The van der Waals surface area contributed by atoms with Crippen LogP contribution in [0.1, 0.15) is 42.6 Å². The smallest absolute Gasteiger partial charge is 0.267 e. The average Bonchev–Trinajstić information content (AvgIpc) is 2.93. The molecule has 1 aromatic rings. The van der Waals surface area contributed by atoms with Gasteiger partial charge in [0.05, 0.1) is 13.2 Å². The summed E-state index contributed by atoms with van der Waals surface area (Å²) in [5.74, 6) is -0.362. The molecule has 0 bridgehead atoms. The number of halogens is 2. The van der Waals surface area contributed by atoms with Crippen LogP contribution >= 0.6 is 0 Å². The number of aliphatic hydroxyl groups is 1. The lowest BCUT2D eigenvalue weighted by Crippen LogP contribution is -2.41. The minimum absolute atomic E-state index is 0.0470.